The Morgan fingerprint density at radius 1 is 1.17 bits per heavy atom. The molecule has 0 amide bonds. The molecule has 2 aromatic carbocycles. The van der Waals surface area contributed by atoms with Crippen LogP contribution in [0.3, 0.4) is 0 Å². The van der Waals surface area contributed by atoms with Crippen LogP contribution in [0.2, 0.25) is 0 Å². The summed E-state index contributed by atoms with van der Waals surface area (Å²) in [7, 11) is 1.49. The molecular weight excluding hydrogens is 388 g/mol. The Morgan fingerprint density at radius 3 is 2.41 bits per heavy atom. The van der Waals surface area contributed by atoms with Crippen molar-refractivity contribution in [1.29, 1.82) is 0 Å². The SMILES string of the molecule is CO[C@H]1[C@H](OCc2ccccc2)[C@@H](C)OC(Sc2ccc(C)cc2)[C@]1(O)C(C)=O. The summed E-state index contributed by atoms with van der Waals surface area (Å²) in [5.74, 6) is -0.408. The zero-order valence-corrected chi connectivity index (χ0v) is 18.0. The van der Waals surface area contributed by atoms with Gasteiger partial charge in [0.1, 0.15) is 17.6 Å². The fourth-order valence-corrected chi connectivity index (χ4v) is 4.79. The average Bonchev–Trinajstić information content (AvgIpc) is 2.71. The van der Waals surface area contributed by atoms with Crippen LogP contribution in [-0.4, -0.2) is 47.3 Å². The zero-order valence-electron chi connectivity index (χ0n) is 17.2. The molecule has 0 aromatic heterocycles. The van der Waals surface area contributed by atoms with Gasteiger partial charge in [-0.15, -0.1) is 0 Å². The van der Waals surface area contributed by atoms with Gasteiger partial charge >= 0.3 is 0 Å². The van der Waals surface area contributed by atoms with E-state index in [-0.39, 0.29) is 6.10 Å². The summed E-state index contributed by atoms with van der Waals surface area (Å²) in [6, 6.07) is 17.6. The maximum Gasteiger partial charge on any atom is 0.187 e. The Hall–Kier alpha value is -1.70. The fraction of sp³-hybridized carbons (Fsp3) is 0.435. The summed E-state index contributed by atoms with van der Waals surface area (Å²) in [6.07, 6.45) is -1.81. The van der Waals surface area contributed by atoms with Crippen LogP contribution in [0.1, 0.15) is 25.0 Å². The Bertz CT molecular complexity index is 810. The van der Waals surface area contributed by atoms with Crippen molar-refractivity contribution in [3.63, 3.8) is 0 Å². The lowest BCUT2D eigenvalue weighted by Crippen LogP contribution is -2.68. The number of ether oxygens (including phenoxy) is 3. The van der Waals surface area contributed by atoms with Crippen molar-refractivity contribution < 1.29 is 24.1 Å². The average molecular weight is 417 g/mol. The normalized spacial score (nSPS) is 29.6. The number of hydrogen-bond acceptors (Lipinski definition) is 6. The largest absolute Gasteiger partial charge is 0.376 e. The molecule has 2 aromatic rings. The molecule has 1 unspecified atom stereocenters. The highest BCUT2D eigenvalue weighted by molar-refractivity contribution is 7.99. The minimum absolute atomic E-state index is 0.336. The van der Waals surface area contributed by atoms with Crippen molar-refractivity contribution in [2.24, 2.45) is 0 Å². The number of carbonyl (C=O) groups excluding carboxylic acids is 1. The first-order valence-electron chi connectivity index (χ1n) is 9.66. The van der Waals surface area contributed by atoms with Gasteiger partial charge in [-0.1, -0.05) is 59.8 Å². The van der Waals surface area contributed by atoms with Crippen molar-refractivity contribution in [1.82, 2.24) is 0 Å². The van der Waals surface area contributed by atoms with E-state index >= 15 is 0 Å². The molecule has 0 bridgehead atoms. The lowest BCUT2D eigenvalue weighted by atomic mass is 9.84. The Labute approximate surface area is 176 Å². The second kappa shape index (κ2) is 9.41. The highest BCUT2D eigenvalue weighted by Crippen LogP contribution is 2.42. The first-order chi connectivity index (χ1) is 13.9. The first kappa shape index (κ1) is 22.0. The molecule has 0 spiro atoms. The van der Waals surface area contributed by atoms with E-state index in [2.05, 4.69) is 0 Å². The van der Waals surface area contributed by atoms with E-state index in [9.17, 15) is 9.90 Å². The van der Waals surface area contributed by atoms with Crippen molar-refractivity contribution in [3.05, 3.63) is 65.7 Å². The van der Waals surface area contributed by atoms with E-state index in [4.69, 9.17) is 14.2 Å². The maximum atomic E-state index is 12.6. The Balaban J connectivity index is 1.84. The zero-order chi connectivity index (χ0) is 21.0. The van der Waals surface area contributed by atoms with E-state index < -0.39 is 29.0 Å². The summed E-state index contributed by atoms with van der Waals surface area (Å²) in [5, 5.41) is 11.5. The summed E-state index contributed by atoms with van der Waals surface area (Å²) in [5.41, 5.74) is -0.507. The number of methoxy groups -OCH3 is 1. The first-order valence-corrected chi connectivity index (χ1v) is 10.5. The molecule has 6 heteroatoms. The molecule has 0 radical (unpaired) electrons. The van der Waals surface area contributed by atoms with E-state index in [1.807, 2.05) is 68.4 Å². The summed E-state index contributed by atoms with van der Waals surface area (Å²) in [4.78, 5) is 13.5. The standard InChI is InChI=1S/C23H28O5S/c1-15-10-12-19(13-11-15)29-22-23(25,17(3)24)21(26-4)20(16(2)28-22)27-14-18-8-6-5-7-9-18/h5-13,16,20-22,25H,14H2,1-4H3/t16-,20-,21+,22?,23+/m1/s1. The van der Waals surface area contributed by atoms with Crippen LogP contribution in [0.15, 0.2) is 59.5 Å². The lowest BCUT2D eigenvalue weighted by Gasteiger charge is -2.49. The summed E-state index contributed by atoms with van der Waals surface area (Å²) in [6.45, 7) is 5.59. The number of carbonyl (C=O) groups is 1. The molecule has 1 aliphatic rings. The summed E-state index contributed by atoms with van der Waals surface area (Å²) >= 11 is 1.32. The number of hydrogen-bond donors (Lipinski definition) is 1. The van der Waals surface area contributed by atoms with E-state index in [0.717, 1.165) is 16.0 Å². The van der Waals surface area contributed by atoms with Gasteiger partial charge in [0.2, 0.25) is 0 Å². The number of rotatable bonds is 7. The van der Waals surface area contributed by atoms with Gasteiger partial charge in [0.15, 0.2) is 11.4 Å². The highest BCUT2D eigenvalue weighted by atomic mass is 32.2. The van der Waals surface area contributed by atoms with Crippen molar-refractivity contribution >= 4 is 17.5 Å². The van der Waals surface area contributed by atoms with E-state index in [1.165, 1.54) is 25.8 Å². The van der Waals surface area contributed by atoms with Crippen LogP contribution < -0.4 is 0 Å². The number of ketones is 1. The van der Waals surface area contributed by atoms with E-state index in [1.54, 1.807) is 0 Å². The topological polar surface area (TPSA) is 65.0 Å². The lowest BCUT2D eigenvalue weighted by molar-refractivity contribution is -0.253. The Kier molecular flexibility index (Phi) is 7.14. The van der Waals surface area contributed by atoms with Crippen molar-refractivity contribution in [2.75, 3.05) is 7.11 Å². The van der Waals surface area contributed by atoms with Crippen LogP contribution in [0.25, 0.3) is 0 Å². The molecule has 1 saturated heterocycles. The van der Waals surface area contributed by atoms with Crippen LogP contribution in [0.5, 0.6) is 0 Å². The molecule has 5 atom stereocenters. The smallest absolute Gasteiger partial charge is 0.187 e. The maximum absolute atomic E-state index is 12.6. The number of aryl methyl sites for hydroxylation is 1. The van der Waals surface area contributed by atoms with Gasteiger partial charge in [-0.2, -0.15) is 0 Å². The number of aliphatic hydroxyl groups is 1. The quantitative estimate of drug-likeness (QED) is 0.742. The monoisotopic (exact) mass is 416 g/mol. The van der Waals surface area contributed by atoms with Gasteiger partial charge in [-0.25, -0.2) is 0 Å². The molecule has 1 fully saturated rings. The van der Waals surface area contributed by atoms with Crippen molar-refractivity contribution in [3.8, 4) is 0 Å². The van der Waals surface area contributed by atoms with Crippen LogP contribution in [0, 0.1) is 6.92 Å². The predicted octanol–water partition coefficient (Wildman–Crippen LogP) is 3.75. The van der Waals surface area contributed by atoms with Gasteiger partial charge in [0.25, 0.3) is 0 Å². The van der Waals surface area contributed by atoms with Gasteiger partial charge < -0.3 is 19.3 Å². The van der Waals surface area contributed by atoms with Crippen LogP contribution in [0.4, 0.5) is 0 Å². The van der Waals surface area contributed by atoms with Gasteiger partial charge in [0, 0.05) is 12.0 Å². The minimum atomic E-state index is -1.84. The molecule has 156 valence electrons. The molecule has 1 heterocycles. The van der Waals surface area contributed by atoms with Crippen LogP contribution >= 0.6 is 11.8 Å². The van der Waals surface area contributed by atoms with Gasteiger partial charge in [0.05, 0.1) is 12.7 Å². The number of Topliss-reactive ketones (excluding diaryl/α,β-unsaturated/α-hetero) is 1. The second-order valence-electron chi connectivity index (χ2n) is 7.40. The molecule has 3 rings (SSSR count). The van der Waals surface area contributed by atoms with Gasteiger partial charge in [-0.3, -0.25) is 4.79 Å². The van der Waals surface area contributed by atoms with E-state index in [0.29, 0.717) is 6.61 Å². The molecule has 1 aliphatic heterocycles. The fourth-order valence-electron chi connectivity index (χ4n) is 3.53. The van der Waals surface area contributed by atoms with Gasteiger partial charge in [-0.05, 0) is 38.5 Å². The number of benzene rings is 2. The minimum Gasteiger partial charge on any atom is -0.376 e. The highest BCUT2D eigenvalue weighted by Gasteiger charge is 2.58. The third-order valence-electron chi connectivity index (χ3n) is 5.26. The molecule has 5 nitrogen and oxygen atoms in total. The molecular formula is C23H28O5S. The third kappa shape index (κ3) is 4.73. The molecule has 1 N–H and O–H groups in total. The number of thioether (sulfide) groups is 1. The second-order valence-corrected chi connectivity index (χ2v) is 8.54. The predicted molar refractivity (Wildman–Crippen MR) is 113 cm³/mol. The molecule has 0 aliphatic carbocycles. The third-order valence-corrected chi connectivity index (χ3v) is 6.49. The summed E-state index contributed by atoms with van der Waals surface area (Å²) < 4.78 is 17.8. The van der Waals surface area contributed by atoms with Crippen LogP contribution in [-0.2, 0) is 25.6 Å². The Morgan fingerprint density at radius 2 is 1.83 bits per heavy atom. The van der Waals surface area contributed by atoms with Crippen molar-refractivity contribution in [2.45, 2.75) is 61.6 Å². The molecule has 29 heavy (non-hydrogen) atoms. The molecule has 0 saturated carbocycles.